The molecule has 0 spiro atoms. The molecule has 1 amide bonds. The van der Waals surface area contributed by atoms with Gasteiger partial charge in [-0.05, 0) is 26.7 Å². The lowest BCUT2D eigenvalue weighted by molar-refractivity contribution is -0.124. The SMILES string of the molecule is Cc1c(N)cnn1C(C)C(=O)NC1CC1. The molecule has 1 atom stereocenters. The maximum atomic E-state index is 11.7. The number of anilines is 1. The van der Waals surface area contributed by atoms with Crippen molar-refractivity contribution in [2.45, 2.75) is 38.8 Å². The molecule has 1 aromatic heterocycles. The molecule has 1 aromatic rings. The lowest BCUT2D eigenvalue weighted by atomic mass is 10.3. The molecule has 1 fully saturated rings. The van der Waals surface area contributed by atoms with Crippen molar-refractivity contribution in [1.82, 2.24) is 15.1 Å². The quantitative estimate of drug-likeness (QED) is 0.764. The molecule has 0 aromatic carbocycles. The predicted octanol–water partition coefficient (Wildman–Crippen LogP) is 0.613. The van der Waals surface area contributed by atoms with E-state index < -0.39 is 0 Å². The lowest BCUT2D eigenvalue weighted by Crippen LogP contribution is -2.33. The number of nitrogens with one attached hydrogen (secondary N) is 1. The number of nitrogen functional groups attached to an aromatic ring is 1. The normalized spacial score (nSPS) is 17.5. The molecule has 5 heteroatoms. The van der Waals surface area contributed by atoms with Gasteiger partial charge in [-0.15, -0.1) is 0 Å². The summed E-state index contributed by atoms with van der Waals surface area (Å²) in [6, 6.07) is 0.0936. The van der Waals surface area contributed by atoms with Crippen LogP contribution in [0.1, 0.15) is 31.5 Å². The first kappa shape index (κ1) is 10.0. The van der Waals surface area contributed by atoms with Crippen LogP contribution in [0.4, 0.5) is 5.69 Å². The number of amides is 1. The molecule has 0 radical (unpaired) electrons. The topological polar surface area (TPSA) is 72.9 Å². The molecule has 0 bridgehead atoms. The van der Waals surface area contributed by atoms with E-state index in [0.29, 0.717) is 11.7 Å². The van der Waals surface area contributed by atoms with Gasteiger partial charge in [0.2, 0.25) is 5.91 Å². The Hall–Kier alpha value is -1.52. The van der Waals surface area contributed by atoms with Crippen molar-refractivity contribution in [3.05, 3.63) is 11.9 Å². The van der Waals surface area contributed by atoms with Crippen LogP contribution < -0.4 is 11.1 Å². The molecule has 1 aliphatic carbocycles. The fraction of sp³-hybridized carbons (Fsp3) is 0.600. The van der Waals surface area contributed by atoms with Crippen molar-refractivity contribution >= 4 is 11.6 Å². The van der Waals surface area contributed by atoms with Gasteiger partial charge in [-0.25, -0.2) is 0 Å². The van der Waals surface area contributed by atoms with E-state index in [1.807, 2.05) is 13.8 Å². The third kappa shape index (κ3) is 1.95. The van der Waals surface area contributed by atoms with Crippen LogP contribution in [0, 0.1) is 6.92 Å². The van der Waals surface area contributed by atoms with Crippen LogP contribution in [-0.4, -0.2) is 21.7 Å². The van der Waals surface area contributed by atoms with E-state index in [2.05, 4.69) is 10.4 Å². The number of hydrogen-bond donors (Lipinski definition) is 2. The van der Waals surface area contributed by atoms with Gasteiger partial charge in [-0.1, -0.05) is 0 Å². The maximum absolute atomic E-state index is 11.7. The van der Waals surface area contributed by atoms with E-state index in [9.17, 15) is 4.79 Å². The number of aromatic nitrogens is 2. The predicted molar refractivity (Wildman–Crippen MR) is 57.3 cm³/mol. The number of carbonyl (C=O) groups is 1. The first-order valence-electron chi connectivity index (χ1n) is 5.19. The molecule has 5 nitrogen and oxygen atoms in total. The van der Waals surface area contributed by atoms with Gasteiger partial charge in [0.25, 0.3) is 0 Å². The van der Waals surface area contributed by atoms with Crippen LogP contribution in [0.5, 0.6) is 0 Å². The van der Waals surface area contributed by atoms with E-state index in [0.717, 1.165) is 18.5 Å². The van der Waals surface area contributed by atoms with Crippen LogP contribution in [-0.2, 0) is 4.79 Å². The third-order valence-electron chi connectivity index (χ3n) is 2.75. The molecule has 1 aliphatic rings. The van der Waals surface area contributed by atoms with Crippen molar-refractivity contribution in [1.29, 1.82) is 0 Å². The monoisotopic (exact) mass is 208 g/mol. The molecule has 1 heterocycles. The van der Waals surface area contributed by atoms with Crippen molar-refractivity contribution in [3.63, 3.8) is 0 Å². The zero-order valence-electron chi connectivity index (χ0n) is 9.03. The summed E-state index contributed by atoms with van der Waals surface area (Å²) < 4.78 is 1.66. The first-order chi connectivity index (χ1) is 7.09. The van der Waals surface area contributed by atoms with Crippen LogP contribution in [0.15, 0.2) is 6.20 Å². The Morgan fingerprint density at radius 2 is 2.40 bits per heavy atom. The minimum absolute atomic E-state index is 0.0173. The largest absolute Gasteiger partial charge is 0.396 e. The molecule has 3 N–H and O–H groups in total. The van der Waals surface area contributed by atoms with E-state index in [1.165, 1.54) is 0 Å². The molecule has 2 rings (SSSR count). The average molecular weight is 208 g/mol. The Kier molecular flexibility index (Phi) is 2.38. The molecule has 0 aliphatic heterocycles. The smallest absolute Gasteiger partial charge is 0.244 e. The molecule has 15 heavy (non-hydrogen) atoms. The van der Waals surface area contributed by atoms with Crippen LogP contribution in [0.2, 0.25) is 0 Å². The zero-order chi connectivity index (χ0) is 11.0. The second-order valence-electron chi connectivity index (χ2n) is 4.09. The summed E-state index contributed by atoms with van der Waals surface area (Å²) >= 11 is 0. The molecule has 82 valence electrons. The van der Waals surface area contributed by atoms with E-state index in [-0.39, 0.29) is 11.9 Å². The summed E-state index contributed by atoms with van der Waals surface area (Å²) in [7, 11) is 0. The standard InChI is InChI=1S/C10H16N4O/c1-6-9(11)5-12-14(6)7(2)10(15)13-8-3-4-8/h5,7-8H,3-4,11H2,1-2H3,(H,13,15). The summed E-state index contributed by atoms with van der Waals surface area (Å²) in [5, 5.41) is 7.04. The fourth-order valence-corrected chi connectivity index (χ4v) is 1.49. The highest BCUT2D eigenvalue weighted by molar-refractivity contribution is 5.80. The highest BCUT2D eigenvalue weighted by atomic mass is 16.2. The zero-order valence-corrected chi connectivity index (χ0v) is 9.03. The van der Waals surface area contributed by atoms with Gasteiger partial charge < -0.3 is 11.1 Å². The van der Waals surface area contributed by atoms with Crippen molar-refractivity contribution in [2.75, 3.05) is 5.73 Å². The first-order valence-corrected chi connectivity index (χ1v) is 5.19. The Morgan fingerprint density at radius 1 is 1.73 bits per heavy atom. The molecule has 0 saturated heterocycles. The summed E-state index contributed by atoms with van der Waals surface area (Å²) in [5.41, 5.74) is 7.14. The van der Waals surface area contributed by atoms with E-state index in [4.69, 9.17) is 5.73 Å². The number of carbonyl (C=O) groups excluding carboxylic acids is 1. The number of nitrogens with two attached hydrogens (primary N) is 1. The van der Waals surface area contributed by atoms with Crippen LogP contribution in [0.3, 0.4) is 0 Å². The van der Waals surface area contributed by atoms with E-state index in [1.54, 1.807) is 10.9 Å². The molecular weight excluding hydrogens is 192 g/mol. The van der Waals surface area contributed by atoms with Gasteiger partial charge in [0, 0.05) is 6.04 Å². The van der Waals surface area contributed by atoms with Gasteiger partial charge >= 0.3 is 0 Å². The van der Waals surface area contributed by atoms with Gasteiger partial charge in [0.05, 0.1) is 17.6 Å². The Balaban J connectivity index is 2.08. The summed E-state index contributed by atoms with van der Waals surface area (Å²) in [6.07, 6.45) is 3.77. The summed E-state index contributed by atoms with van der Waals surface area (Å²) in [4.78, 5) is 11.7. The second kappa shape index (κ2) is 3.56. The summed E-state index contributed by atoms with van der Waals surface area (Å²) in [6.45, 7) is 3.69. The molecule has 1 saturated carbocycles. The van der Waals surface area contributed by atoms with Gasteiger partial charge in [-0.2, -0.15) is 5.10 Å². The molecule has 1 unspecified atom stereocenters. The number of hydrogen-bond acceptors (Lipinski definition) is 3. The third-order valence-corrected chi connectivity index (χ3v) is 2.75. The van der Waals surface area contributed by atoms with Gasteiger partial charge in [0.15, 0.2) is 0 Å². The van der Waals surface area contributed by atoms with Crippen molar-refractivity contribution < 1.29 is 4.79 Å². The lowest BCUT2D eigenvalue weighted by Gasteiger charge is -2.14. The Bertz CT molecular complexity index is 381. The van der Waals surface area contributed by atoms with Crippen molar-refractivity contribution in [3.8, 4) is 0 Å². The Morgan fingerprint density at radius 3 is 2.87 bits per heavy atom. The fourth-order valence-electron chi connectivity index (χ4n) is 1.49. The Labute approximate surface area is 88.6 Å². The van der Waals surface area contributed by atoms with Gasteiger partial charge in [-0.3, -0.25) is 9.48 Å². The van der Waals surface area contributed by atoms with Crippen molar-refractivity contribution in [2.24, 2.45) is 0 Å². The number of rotatable bonds is 3. The minimum atomic E-state index is -0.289. The highest BCUT2D eigenvalue weighted by Gasteiger charge is 2.27. The molecular formula is C10H16N4O. The van der Waals surface area contributed by atoms with Crippen LogP contribution >= 0.6 is 0 Å². The maximum Gasteiger partial charge on any atom is 0.244 e. The average Bonchev–Trinajstić information content (AvgIpc) is 2.95. The second-order valence-corrected chi connectivity index (χ2v) is 4.09. The summed E-state index contributed by atoms with van der Waals surface area (Å²) in [5.74, 6) is 0.0173. The number of nitrogens with zero attached hydrogens (tertiary/aromatic N) is 2. The van der Waals surface area contributed by atoms with Gasteiger partial charge in [0.1, 0.15) is 6.04 Å². The minimum Gasteiger partial charge on any atom is -0.396 e. The highest BCUT2D eigenvalue weighted by Crippen LogP contribution is 2.21. The van der Waals surface area contributed by atoms with Crippen LogP contribution in [0.25, 0.3) is 0 Å². The van der Waals surface area contributed by atoms with E-state index >= 15 is 0 Å².